The van der Waals surface area contributed by atoms with E-state index >= 15 is 0 Å². The fraction of sp³-hybridized carbons (Fsp3) is 0. The molecule has 0 fully saturated rings. The van der Waals surface area contributed by atoms with Gasteiger partial charge >= 0.3 is 0 Å². The minimum atomic E-state index is -1.13. The van der Waals surface area contributed by atoms with Crippen molar-refractivity contribution in [1.29, 1.82) is 5.26 Å². The Morgan fingerprint density at radius 2 is 1.69 bits per heavy atom. The van der Waals surface area contributed by atoms with E-state index in [4.69, 9.17) is 0 Å². The molecule has 0 bridgehead atoms. The van der Waals surface area contributed by atoms with Crippen LogP contribution in [-0.4, -0.2) is 15.9 Å². The average Bonchev–Trinajstić information content (AvgIpc) is 3.16. The lowest BCUT2D eigenvalue weighted by Gasteiger charge is -2.08. The zero-order valence-electron chi connectivity index (χ0n) is 14.7. The van der Waals surface area contributed by atoms with Crippen LogP contribution < -0.4 is 0 Å². The first-order valence-corrected chi connectivity index (χ1v) is 8.69. The molecule has 1 aromatic heterocycles. The number of carbonyl (C=O) groups excluding carboxylic acids is 1. The fourth-order valence-electron chi connectivity index (χ4n) is 4.03. The first kappa shape index (κ1) is 17.0. The Bertz CT molecular complexity index is 1360. The molecular weight excluding hydrogens is 374 g/mol. The molecule has 2 aliphatic carbocycles. The maximum absolute atomic E-state index is 13.9. The van der Waals surface area contributed by atoms with Gasteiger partial charge in [0.1, 0.15) is 5.75 Å². The van der Waals surface area contributed by atoms with Gasteiger partial charge in [-0.1, -0.05) is 18.2 Å². The van der Waals surface area contributed by atoms with Crippen molar-refractivity contribution in [3.63, 3.8) is 0 Å². The number of pyridine rings is 1. The van der Waals surface area contributed by atoms with Crippen LogP contribution >= 0.6 is 0 Å². The zero-order chi connectivity index (χ0) is 20.3. The van der Waals surface area contributed by atoms with E-state index in [0.29, 0.717) is 28.0 Å². The number of fused-ring (bicyclic) bond motifs is 4. The number of aromatic nitrogens is 1. The van der Waals surface area contributed by atoms with Crippen molar-refractivity contribution in [3.8, 4) is 23.1 Å². The highest BCUT2D eigenvalue weighted by molar-refractivity contribution is 6.32. The first-order chi connectivity index (χ1) is 14.0. The summed E-state index contributed by atoms with van der Waals surface area (Å²) in [5.74, 6) is -2.74. The maximum atomic E-state index is 13.9. The predicted octanol–water partition coefficient (Wildman–Crippen LogP) is 4.65. The molecule has 0 saturated heterocycles. The second-order valence-corrected chi connectivity index (χ2v) is 6.68. The van der Waals surface area contributed by atoms with Crippen LogP contribution in [0.3, 0.4) is 0 Å². The highest BCUT2D eigenvalue weighted by atomic mass is 19.2. The third-order valence-electron chi connectivity index (χ3n) is 5.18. The lowest BCUT2D eigenvalue weighted by atomic mass is 9.93. The predicted molar refractivity (Wildman–Crippen MR) is 102 cm³/mol. The molecule has 1 heterocycles. The van der Waals surface area contributed by atoms with Gasteiger partial charge in [-0.3, -0.25) is 9.78 Å². The summed E-state index contributed by atoms with van der Waals surface area (Å²) in [5, 5.41) is 19.7. The molecule has 3 aromatic rings. The minimum absolute atomic E-state index is 0.00362. The maximum Gasteiger partial charge on any atom is 0.195 e. The van der Waals surface area contributed by atoms with Gasteiger partial charge in [-0.25, -0.2) is 8.78 Å². The average molecular weight is 384 g/mol. The third kappa shape index (κ3) is 2.21. The molecule has 0 unspecified atom stereocenters. The number of benzene rings is 2. The molecule has 0 saturated carbocycles. The Balaban J connectivity index is 1.93. The van der Waals surface area contributed by atoms with E-state index < -0.39 is 17.4 Å². The summed E-state index contributed by atoms with van der Waals surface area (Å²) in [4.78, 5) is 17.6. The number of phenols is 1. The quantitative estimate of drug-likeness (QED) is 0.354. The highest BCUT2D eigenvalue weighted by Crippen LogP contribution is 2.52. The van der Waals surface area contributed by atoms with Crippen LogP contribution in [0.5, 0.6) is 5.75 Å². The molecule has 2 aromatic carbocycles. The van der Waals surface area contributed by atoms with E-state index in [1.165, 1.54) is 6.07 Å². The standard InChI is InChI=1S/C23H10F2N2O2/c24-16-9-14-11(6-7-26)21(23(29)15(14)10-17(16)25)19-12-3-1-5-18(28)20(12)22-13(19)4-2-8-27-22/h1-6,8-10,28H/b11-6+,21-19-. The molecule has 0 spiro atoms. The molecule has 0 amide bonds. The molecule has 0 aliphatic heterocycles. The van der Waals surface area contributed by atoms with Gasteiger partial charge in [-0.15, -0.1) is 0 Å². The molecule has 5 rings (SSSR count). The van der Waals surface area contributed by atoms with Crippen molar-refractivity contribution in [2.45, 2.75) is 0 Å². The van der Waals surface area contributed by atoms with Gasteiger partial charge in [0, 0.05) is 40.1 Å². The number of hydrogen-bond acceptors (Lipinski definition) is 4. The number of Topliss-reactive ketones (excluding diaryl/α,β-unsaturated/α-hetero) is 1. The summed E-state index contributed by atoms with van der Waals surface area (Å²) in [7, 11) is 0. The number of ketones is 1. The number of rotatable bonds is 0. The van der Waals surface area contributed by atoms with Gasteiger partial charge in [0.05, 0.1) is 17.3 Å². The Kier molecular flexibility index (Phi) is 3.49. The third-order valence-corrected chi connectivity index (χ3v) is 5.18. The summed E-state index contributed by atoms with van der Waals surface area (Å²) in [6.45, 7) is 0. The number of nitrogens with zero attached hydrogens (tertiary/aromatic N) is 2. The number of phenolic OH excluding ortho intramolecular Hbond substituents is 1. The summed E-state index contributed by atoms with van der Waals surface area (Å²) in [5.41, 5.74) is 3.15. The Morgan fingerprint density at radius 3 is 2.45 bits per heavy atom. The van der Waals surface area contributed by atoms with Gasteiger partial charge in [-0.2, -0.15) is 5.26 Å². The Labute approximate surface area is 163 Å². The van der Waals surface area contributed by atoms with Crippen LogP contribution in [0.4, 0.5) is 8.78 Å². The topological polar surface area (TPSA) is 74.0 Å². The Hall–Kier alpha value is -4.11. The van der Waals surface area contributed by atoms with Crippen molar-refractivity contribution in [3.05, 3.63) is 94.2 Å². The molecule has 29 heavy (non-hydrogen) atoms. The van der Waals surface area contributed by atoms with Gasteiger partial charge in [0.25, 0.3) is 0 Å². The zero-order valence-corrected chi connectivity index (χ0v) is 14.7. The van der Waals surface area contributed by atoms with Crippen LogP contribution in [0.15, 0.2) is 60.3 Å². The normalized spacial score (nSPS) is 17.8. The second kappa shape index (κ2) is 5.94. The molecule has 4 nitrogen and oxygen atoms in total. The number of hydrogen-bond donors (Lipinski definition) is 1. The molecule has 1 N–H and O–H groups in total. The second-order valence-electron chi connectivity index (χ2n) is 6.68. The highest BCUT2D eigenvalue weighted by Gasteiger charge is 2.38. The fourth-order valence-corrected chi connectivity index (χ4v) is 4.03. The summed E-state index contributed by atoms with van der Waals surface area (Å²) < 4.78 is 27.7. The van der Waals surface area contributed by atoms with E-state index in [9.17, 15) is 23.9 Å². The molecule has 2 aliphatic rings. The van der Waals surface area contributed by atoms with Crippen LogP contribution in [0.1, 0.15) is 27.0 Å². The van der Waals surface area contributed by atoms with E-state index in [1.807, 2.05) is 6.07 Å². The van der Waals surface area contributed by atoms with Crippen molar-refractivity contribution < 1.29 is 18.7 Å². The van der Waals surface area contributed by atoms with Crippen LogP contribution in [0, 0.1) is 23.0 Å². The van der Waals surface area contributed by atoms with Gasteiger partial charge in [0.2, 0.25) is 0 Å². The van der Waals surface area contributed by atoms with Crippen molar-refractivity contribution in [2.24, 2.45) is 0 Å². The van der Waals surface area contributed by atoms with Crippen LogP contribution in [0.2, 0.25) is 0 Å². The molecule has 0 atom stereocenters. The summed E-state index contributed by atoms with van der Waals surface area (Å²) in [6.07, 6.45) is 2.73. The monoisotopic (exact) mass is 384 g/mol. The summed E-state index contributed by atoms with van der Waals surface area (Å²) >= 11 is 0. The number of carbonyl (C=O) groups is 1. The van der Waals surface area contributed by atoms with Crippen molar-refractivity contribution in [1.82, 2.24) is 4.98 Å². The van der Waals surface area contributed by atoms with Crippen LogP contribution in [-0.2, 0) is 0 Å². The van der Waals surface area contributed by atoms with E-state index in [-0.39, 0.29) is 28.0 Å². The van der Waals surface area contributed by atoms with E-state index in [2.05, 4.69) is 4.98 Å². The Morgan fingerprint density at radius 1 is 0.966 bits per heavy atom. The SMILES string of the molecule is N#C/C=C1/C(=C2/c3cccnc3-c3c(O)cccc32)C(=O)c2cc(F)c(F)cc21. The lowest BCUT2D eigenvalue weighted by Crippen LogP contribution is -2.00. The van der Waals surface area contributed by atoms with Crippen molar-refractivity contribution in [2.75, 3.05) is 0 Å². The van der Waals surface area contributed by atoms with Crippen molar-refractivity contribution >= 4 is 16.9 Å². The van der Waals surface area contributed by atoms with E-state index in [0.717, 1.165) is 18.2 Å². The van der Waals surface area contributed by atoms with Gasteiger partial charge in [0.15, 0.2) is 17.4 Å². The molecule has 6 heteroatoms. The molecular formula is C23H10F2N2O2. The van der Waals surface area contributed by atoms with E-state index in [1.54, 1.807) is 30.5 Å². The number of allylic oxidation sites excluding steroid dienone is 3. The minimum Gasteiger partial charge on any atom is -0.507 e. The first-order valence-electron chi connectivity index (χ1n) is 8.69. The number of halogens is 2. The number of aromatic hydroxyl groups is 1. The largest absolute Gasteiger partial charge is 0.507 e. The van der Waals surface area contributed by atoms with Crippen LogP contribution in [0.25, 0.3) is 22.4 Å². The molecule has 0 radical (unpaired) electrons. The number of nitriles is 1. The lowest BCUT2D eigenvalue weighted by molar-refractivity contribution is 0.104. The molecule has 138 valence electrons. The smallest absolute Gasteiger partial charge is 0.195 e. The van der Waals surface area contributed by atoms with Gasteiger partial charge < -0.3 is 5.11 Å². The van der Waals surface area contributed by atoms with Gasteiger partial charge in [-0.05, 0) is 35.4 Å². The summed E-state index contributed by atoms with van der Waals surface area (Å²) in [6, 6.07) is 12.0.